The molecule has 0 saturated carbocycles. The molecule has 0 fully saturated rings. The van der Waals surface area contributed by atoms with E-state index in [1.807, 2.05) is 19.1 Å². The second kappa shape index (κ2) is 10.1. The van der Waals surface area contributed by atoms with Crippen LogP contribution in [0.15, 0.2) is 18.2 Å². The van der Waals surface area contributed by atoms with E-state index in [0.717, 1.165) is 16.8 Å². The number of nitrogens with zero attached hydrogens (tertiary/aromatic N) is 4. The molecule has 10 nitrogen and oxygen atoms in total. The minimum Gasteiger partial charge on any atom is -0.493 e. The maximum absolute atomic E-state index is 12.5. The van der Waals surface area contributed by atoms with Gasteiger partial charge in [-0.25, -0.2) is 9.31 Å². The predicted molar refractivity (Wildman–Crippen MR) is 115 cm³/mol. The van der Waals surface area contributed by atoms with E-state index in [2.05, 4.69) is 15.3 Å². The molecule has 3 rings (SSSR count). The van der Waals surface area contributed by atoms with Gasteiger partial charge in [0.05, 0.1) is 50.8 Å². The van der Waals surface area contributed by atoms with Crippen molar-refractivity contribution < 1.29 is 28.5 Å². The number of carbonyl (C=O) groups excluding carboxylic acids is 2. The third kappa shape index (κ3) is 4.34. The molecule has 0 bridgehead atoms. The number of aryl methyl sites for hydroxylation is 1. The van der Waals surface area contributed by atoms with Crippen molar-refractivity contribution in [2.24, 2.45) is 0 Å². The summed E-state index contributed by atoms with van der Waals surface area (Å²) in [5.41, 5.74) is 2.82. The maximum Gasteiger partial charge on any atom is 0.360 e. The Morgan fingerprint density at radius 2 is 1.69 bits per heavy atom. The molecule has 2 heterocycles. The first-order chi connectivity index (χ1) is 15.5. The van der Waals surface area contributed by atoms with E-state index in [0.29, 0.717) is 23.6 Å². The highest BCUT2D eigenvalue weighted by Crippen LogP contribution is 2.35. The molecule has 10 heteroatoms. The molecule has 0 aliphatic rings. The summed E-state index contributed by atoms with van der Waals surface area (Å²) in [5.74, 6) is -0.0466. The van der Waals surface area contributed by atoms with Crippen molar-refractivity contribution in [1.29, 1.82) is 0 Å². The topological polar surface area (TPSA) is 114 Å². The van der Waals surface area contributed by atoms with Crippen molar-refractivity contribution >= 4 is 17.6 Å². The Bertz CT molecular complexity index is 1140. The molecule has 0 radical (unpaired) electrons. The van der Waals surface area contributed by atoms with Crippen molar-refractivity contribution in [3.05, 3.63) is 35.3 Å². The number of ether oxygens (including phenoxy) is 4. The van der Waals surface area contributed by atoms with E-state index in [9.17, 15) is 9.59 Å². The number of benzene rings is 1. The zero-order chi connectivity index (χ0) is 23.3. The molecule has 0 saturated heterocycles. The molecule has 0 unspecified atom stereocenters. The smallest absolute Gasteiger partial charge is 0.360 e. The second-order valence-electron chi connectivity index (χ2n) is 6.68. The highest BCUT2D eigenvalue weighted by Gasteiger charge is 2.26. The van der Waals surface area contributed by atoms with Crippen molar-refractivity contribution in [2.45, 2.75) is 33.6 Å². The van der Waals surface area contributed by atoms with E-state index in [-0.39, 0.29) is 31.0 Å². The molecule has 0 aliphatic heterocycles. The molecule has 2 aromatic heterocycles. The predicted octanol–water partition coefficient (Wildman–Crippen LogP) is 2.65. The van der Waals surface area contributed by atoms with E-state index in [1.165, 1.54) is 4.52 Å². The molecule has 170 valence electrons. The van der Waals surface area contributed by atoms with E-state index < -0.39 is 11.9 Å². The van der Waals surface area contributed by atoms with Gasteiger partial charge in [0.15, 0.2) is 22.8 Å². The van der Waals surface area contributed by atoms with Gasteiger partial charge in [0, 0.05) is 0 Å². The number of rotatable bonds is 9. The van der Waals surface area contributed by atoms with Crippen LogP contribution in [0.2, 0.25) is 0 Å². The van der Waals surface area contributed by atoms with Crippen LogP contribution in [0.4, 0.5) is 0 Å². The summed E-state index contributed by atoms with van der Waals surface area (Å²) in [5, 5.41) is 13.0. The first-order valence-electron chi connectivity index (χ1n) is 10.3. The molecule has 0 atom stereocenters. The third-order valence-corrected chi connectivity index (χ3v) is 4.80. The standard InChI is InChI=1S/C22H26N4O6/c1-6-14-19(13-9-10-16(29-4)17(11-13)30-5)21-24-23-20(22(28)32-8-3)15(26(21)25-14)12-18(27)31-7-2/h9-11H,6-8,12H2,1-5H3. The summed E-state index contributed by atoms with van der Waals surface area (Å²) in [6.07, 6.45) is 0.380. The lowest BCUT2D eigenvalue weighted by atomic mass is 10.0. The number of aromatic nitrogens is 4. The van der Waals surface area contributed by atoms with Crippen LogP contribution in [0.5, 0.6) is 11.5 Å². The largest absolute Gasteiger partial charge is 0.493 e. The van der Waals surface area contributed by atoms with Crippen molar-refractivity contribution in [2.75, 3.05) is 27.4 Å². The molecule has 3 aromatic rings. The zero-order valence-corrected chi connectivity index (χ0v) is 18.8. The van der Waals surface area contributed by atoms with Gasteiger partial charge in [0.1, 0.15) is 0 Å². The van der Waals surface area contributed by atoms with Crippen molar-refractivity contribution in [3.8, 4) is 22.6 Å². The summed E-state index contributed by atoms with van der Waals surface area (Å²) in [6.45, 7) is 5.73. The van der Waals surface area contributed by atoms with Gasteiger partial charge < -0.3 is 18.9 Å². The molecule has 32 heavy (non-hydrogen) atoms. The van der Waals surface area contributed by atoms with Crippen LogP contribution in [-0.4, -0.2) is 59.2 Å². The number of esters is 2. The Morgan fingerprint density at radius 3 is 2.31 bits per heavy atom. The van der Waals surface area contributed by atoms with Crippen LogP contribution in [-0.2, 0) is 27.1 Å². The van der Waals surface area contributed by atoms with Gasteiger partial charge in [-0.15, -0.1) is 10.2 Å². The fraction of sp³-hybridized carbons (Fsp3) is 0.409. The molecule has 0 amide bonds. The van der Waals surface area contributed by atoms with Crippen molar-refractivity contribution in [3.63, 3.8) is 0 Å². The monoisotopic (exact) mass is 442 g/mol. The van der Waals surface area contributed by atoms with Gasteiger partial charge >= 0.3 is 11.9 Å². The molecular formula is C22H26N4O6. The fourth-order valence-corrected chi connectivity index (χ4v) is 3.39. The Labute approximate surface area is 185 Å². The SMILES string of the molecule is CCOC(=O)Cc1c(C(=O)OCC)nnc2c(-c3ccc(OC)c(OC)c3)c(CC)nn12. The van der Waals surface area contributed by atoms with E-state index >= 15 is 0 Å². The Morgan fingerprint density at radius 1 is 0.969 bits per heavy atom. The first kappa shape index (κ1) is 23.0. The molecule has 0 spiro atoms. The average molecular weight is 442 g/mol. The molecule has 1 aromatic carbocycles. The zero-order valence-electron chi connectivity index (χ0n) is 18.8. The number of carbonyl (C=O) groups is 2. The van der Waals surface area contributed by atoms with Crippen LogP contribution >= 0.6 is 0 Å². The third-order valence-electron chi connectivity index (χ3n) is 4.80. The van der Waals surface area contributed by atoms with Gasteiger partial charge in [-0.1, -0.05) is 13.0 Å². The maximum atomic E-state index is 12.5. The first-order valence-corrected chi connectivity index (χ1v) is 10.3. The minimum absolute atomic E-state index is 0.0728. The van der Waals surface area contributed by atoms with Gasteiger partial charge in [-0.05, 0) is 38.0 Å². The van der Waals surface area contributed by atoms with Crippen LogP contribution in [0, 0.1) is 0 Å². The highest BCUT2D eigenvalue weighted by molar-refractivity contribution is 5.91. The van der Waals surface area contributed by atoms with E-state index in [1.54, 1.807) is 34.1 Å². The van der Waals surface area contributed by atoms with Crippen LogP contribution < -0.4 is 9.47 Å². The van der Waals surface area contributed by atoms with Gasteiger partial charge in [0.2, 0.25) is 0 Å². The normalized spacial score (nSPS) is 10.8. The van der Waals surface area contributed by atoms with Gasteiger partial charge in [-0.3, -0.25) is 4.79 Å². The van der Waals surface area contributed by atoms with Gasteiger partial charge in [-0.2, -0.15) is 5.10 Å². The van der Waals surface area contributed by atoms with Crippen LogP contribution in [0.1, 0.15) is 42.6 Å². The average Bonchev–Trinajstić information content (AvgIpc) is 3.18. The highest BCUT2D eigenvalue weighted by atomic mass is 16.5. The summed E-state index contributed by atoms with van der Waals surface area (Å²) >= 11 is 0. The Balaban J connectivity index is 2.26. The minimum atomic E-state index is -0.678. The number of hydrogen-bond acceptors (Lipinski definition) is 9. The number of fused-ring (bicyclic) bond motifs is 1. The summed E-state index contributed by atoms with van der Waals surface area (Å²) in [6, 6.07) is 5.47. The van der Waals surface area contributed by atoms with Crippen LogP contribution in [0.25, 0.3) is 16.8 Å². The fourth-order valence-electron chi connectivity index (χ4n) is 3.39. The lowest BCUT2D eigenvalue weighted by molar-refractivity contribution is -0.142. The summed E-state index contributed by atoms with van der Waals surface area (Å²) in [7, 11) is 3.12. The second-order valence-corrected chi connectivity index (χ2v) is 6.68. The lowest BCUT2D eigenvalue weighted by Gasteiger charge is -2.10. The van der Waals surface area contributed by atoms with Gasteiger partial charge in [0.25, 0.3) is 0 Å². The number of methoxy groups -OCH3 is 2. The number of hydrogen-bond donors (Lipinski definition) is 0. The van der Waals surface area contributed by atoms with Crippen molar-refractivity contribution in [1.82, 2.24) is 19.8 Å². The Kier molecular flexibility index (Phi) is 7.24. The molecule has 0 N–H and O–H groups in total. The lowest BCUT2D eigenvalue weighted by Crippen LogP contribution is -2.20. The summed E-state index contributed by atoms with van der Waals surface area (Å²) in [4.78, 5) is 24.8. The Hall–Kier alpha value is -3.69. The van der Waals surface area contributed by atoms with E-state index in [4.69, 9.17) is 18.9 Å². The quantitative estimate of drug-likeness (QED) is 0.461. The summed E-state index contributed by atoms with van der Waals surface area (Å²) < 4.78 is 22.4. The van der Waals surface area contributed by atoms with Crippen LogP contribution in [0.3, 0.4) is 0 Å². The molecule has 0 aliphatic carbocycles. The molecular weight excluding hydrogens is 416 g/mol.